The van der Waals surface area contributed by atoms with Crippen molar-refractivity contribution in [2.75, 3.05) is 0 Å². The van der Waals surface area contributed by atoms with Crippen molar-refractivity contribution in [3.8, 4) is 0 Å². The first-order chi connectivity index (χ1) is 8.45. The lowest BCUT2D eigenvalue weighted by atomic mass is 10.1. The van der Waals surface area contributed by atoms with Crippen LogP contribution in [0.15, 0.2) is 30.3 Å². The van der Waals surface area contributed by atoms with Crippen LogP contribution in [-0.2, 0) is 9.09 Å². The molecule has 108 valence electrons. The number of alkyl halides is 5. The SMILES string of the molecule is NP(N)(=O)O[C@H](c1ccccc1)C(Cl)(Cl)C(F)(F)F. The van der Waals surface area contributed by atoms with Crippen molar-refractivity contribution in [2.45, 2.75) is 16.6 Å². The van der Waals surface area contributed by atoms with Gasteiger partial charge in [-0.2, -0.15) is 13.2 Å². The molecule has 4 N–H and O–H groups in total. The molecule has 0 aliphatic carbocycles. The molecule has 0 aliphatic heterocycles. The second-order valence-electron chi connectivity index (χ2n) is 3.66. The lowest BCUT2D eigenvalue weighted by Gasteiger charge is -2.32. The third-order valence-electron chi connectivity index (χ3n) is 2.08. The topological polar surface area (TPSA) is 78.3 Å². The molecule has 0 saturated carbocycles. The Kier molecular flexibility index (Phi) is 4.93. The van der Waals surface area contributed by atoms with Gasteiger partial charge in [0.25, 0.3) is 0 Å². The van der Waals surface area contributed by atoms with Gasteiger partial charge in [-0.1, -0.05) is 53.5 Å². The molecule has 4 nitrogen and oxygen atoms in total. The zero-order valence-electron chi connectivity index (χ0n) is 9.27. The van der Waals surface area contributed by atoms with E-state index in [0.29, 0.717) is 0 Å². The number of nitrogens with two attached hydrogens (primary N) is 2. The van der Waals surface area contributed by atoms with E-state index in [1.54, 1.807) is 6.07 Å². The maximum Gasteiger partial charge on any atom is 0.424 e. The Bertz CT molecular complexity index is 478. The fraction of sp³-hybridized carbons (Fsp3) is 0.333. The zero-order valence-corrected chi connectivity index (χ0v) is 11.7. The van der Waals surface area contributed by atoms with E-state index in [0.717, 1.165) is 0 Å². The lowest BCUT2D eigenvalue weighted by molar-refractivity contribution is -0.159. The summed E-state index contributed by atoms with van der Waals surface area (Å²) in [6, 6.07) is 6.97. The molecule has 0 amide bonds. The molecular weight excluding hydrogens is 327 g/mol. The molecule has 1 aromatic carbocycles. The van der Waals surface area contributed by atoms with Crippen molar-refractivity contribution < 1.29 is 22.3 Å². The molecule has 0 aromatic heterocycles. The Morgan fingerprint density at radius 1 is 1.16 bits per heavy atom. The van der Waals surface area contributed by atoms with Gasteiger partial charge in [0.2, 0.25) is 4.33 Å². The van der Waals surface area contributed by atoms with Gasteiger partial charge in [0.05, 0.1) is 0 Å². The maximum absolute atomic E-state index is 12.8. The van der Waals surface area contributed by atoms with Crippen LogP contribution in [0.2, 0.25) is 0 Å². The van der Waals surface area contributed by atoms with Crippen molar-refractivity contribution in [1.82, 2.24) is 0 Å². The maximum atomic E-state index is 12.8. The molecule has 0 radical (unpaired) electrons. The normalized spacial score (nSPS) is 15.3. The molecule has 1 rings (SSSR count). The van der Waals surface area contributed by atoms with Crippen molar-refractivity contribution >= 4 is 30.9 Å². The molecule has 19 heavy (non-hydrogen) atoms. The first kappa shape index (κ1) is 16.8. The first-order valence-electron chi connectivity index (χ1n) is 4.80. The Morgan fingerprint density at radius 2 is 1.63 bits per heavy atom. The summed E-state index contributed by atoms with van der Waals surface area (Å²) in [5, 5.41) is 0. The van der Waals surface area contributed by atoms with Gasteiger partial charge in [-0.15, -0.1) is 0 Å². The van der Waals surface area contributed by atoms with Crippen LogP contribution in [0.3, 0.4) is 0 Å². The summed E-state index contributed by atoms with van der Waals surface area (Å²) in [4.78, 5) is 0. The fourth-order valence-corrected chi connectivity index (χ4v) is 2.35. The molecule has 1 atom stereocenters. The summed E-state index contributed by atoms with van der Waals surface area (Å²) in [5.41, 5.74) is 9.83. The summed E-state index contributed by atoms with van der Waals surface area (Å²) in [5.74, 6) is 0. The number of rotatable bonds is 4. The Hall–Kier alpha value is -0.300. The summed E-state index contributed by atoms with van der Waals surface area (Å²) in [6.07, 6.45) is -7.05. The minimum absolute atomic E-state index is 0.0547. The number of benzene rings is 1. The molecule has 0 unspecified atom stereocenters. The van der Waals surface area contributed by atoms with Gasteiger partial charge in [0, 0.05) is 0 Å². The number of hydrogen-bond donors (Lipinski definition) is 2. The molecular formula is C9H10Cl2F3N2O2P. The fourth-order valence-electron chi connectivity index (χ4n) is 1.28. The largest absolute Gasteiger partial charge is 0.424 e. The third-order valence-corrected chi connectivity index (χ3v) is 3.45. The van der Waals surface area contributed by atoms with Gasteiger partial charge < -0.3 is 0 Å². The van der Waals surface area contributed by atoms with E-state index in [9.17, 15) is 17.7 Å². The minimum Gasteiger partial charge on any atom is -0.295 e. The van der Waals surface area contributed by atoms with Gasteiger partial charge in [-0.25, -0.2) is 11.0 Å². The van der Waals surface area contributed by atoms with E-state index in [1.807, 2.05) is 0 Å². The summed E-state index contributed by atoms with van der Waals surface area (Å²) < 4.78 is 50.9. The van der Waals surface area contributed by atoms with Crippen LogP contribution in [0.4, 0.5) is 13.2 Å². The predicted molar refractivity (Wildman–Crippen MR) is 66.7 cm³/mol. The van der Waals surface area contributed by atoms with Crippen LogP contribution >= 0.6 is 30.9 Å². The van der Waals surface area contributed by atoms with Crippen molar-refractivity contribution in [2.24, 2.45) is 11.0 Å². The lowest BCUT2D eigenvalue weighted by Crippen LogP contribution is -2.41. The van der Waals surface area contributed by atoms with Crippen LogP contribution in [0.1, 0.15) is 11.7 Å². The highest BCUT2D eigenvalue weighted by Crippen LogP contribution is 2.53. The Balaban J connectivity index is 3.25. The highest BCUT2D eigenvalue weighted by atomic mass is 35.5. The van der Waals surface area contributed by atoms with Gasteiger partial charge in [-0.05, 0) is 5.56 Å². The van der Waals surface area contributed by atoms with E-state index in [2.05, 4.69) is 4.52 Å². The van der Waals surface area contributed by atoms with E-state index in [1.165, 1.54) is 24.3 Å². The molecule has 10 heteroatoms. The van der Waals surface area contributed by atoms with Gasteiger partial charge >= 0.3 is 13.8 Å². The third kappa shape index (κ3) is 4.34. The van der Waals surface area contributed by atoms with Crippen LogP contribution < -0.4 is 11.0 Å². The molecule has 1 aromatic rings. The van der Waals surface area contributed by atoms with Crippen LogP contribution in [0, 0.1) is 0 Å². The van der Waals surface area contributed by atoms with Crippen molar-refractivity contribution in [3.05, 3.63) is 35.9 Å². The average Bonchev–Trinajstić information content (AvgIpc) is 2.24. The second kappa shape index (κ2) is 5.60. The highest BCUT2D eigenvalue weighted by Gasteiger charge is 2.60. The standard InChI is InChI=1S/C9H10Cl2F3N2O2P/c10-8(11,9(12,13)14)7(18-19(15,16)17)6-4-2-1-3-5-6/h1-5,7H,(H4,15,16,17)/t7-/m1/s1. The first-order valence-corrected chi connectivity index (χ1v) is 7.32. The summed E-state index contributed by atoms with van der Waals surface area (Å²) in [7, 11) is -4.22. The molecule has 0 spiro atoms. The van der Waals surface area contributed by atoms with Gasteiger partial charge in [0.1, 0.15) is 6.10 Å². The van der Waals surface area contributed by atoms with Gasteiger partial charge in [-0.3, -0.25) is 9.09 Å². The minimum atomic E-state index is -5.04. The van der Waals surface area contributed by atoms with Gasteiger partial charge in [0.15, 0.2) is 0 Å². The highest BCUT2D eigenvalue weighted by molar-refractivity contribution is 7.53. The summed E-state index contributed by atoms with van der Waals surface area (Å²) >= 11 is 10.6. The smallest absolute Gasteiger partial charge is 0.295 e. The molecule has 0 heterocycles. The quantitative estimate of drug-likeness (QED) is 0.651. The van der Waals surface area contributed by atoms with E-state index in [-0.39, 0.29) is 5.56 Å². The Morgan fingerprint density at radius 3 is 2.00 bits per heavy atom. The van der Waals surface area contributed by atoms with Crippen LogP contribution in [0.25, 0.3) is 0 Å². The zero-order chi connectivity index (χ0) is 14.9. The Labute approximate surface area is 117 Å². The predicted octanol–water partition coefficient (Wildman–Crippen LogP) is 3.51. The number of hydrogen-bond acceptors (Lipinski definition) is 2. The average molecular weight is 337 g/mol. The van der Waals surface area contributed by atoms with E-state index >= 15 is 0 Å². The molecule has 0 aliphatic rings. The summed E-state index contributed by atoms with van der Waals surface area (Å²) in [6.45, 7) is 0. The van der Waals surface area contributed by atoms with Crippen LogP contribution in [0.5, 0.6) is 0 Å². The van der Waals surface area contributed by atoms with Crippen molar-refractivity contribution in [1.29, 1.82) is 0 Å². The van der Waals surface area contributed by atoms with Crippen LogP contribution in [-0.4, -0.2) is 10.5 Å². The van der Waals surface area contributed by atoms with E-state index < -0.39 is 24.3 Å². The second-order valence-corrected chi connectivity index (χ2v) is 6.55. The number of halogens is 5. The molecule has 0 fully saturated rings. The monoisotopic (exact) mass is 336 g/mol. The van der Waals surface area contributed by atoms with E-state index in [4.69, 9.17) is 34.2 Å². The molecule has 0 bridgehead atoms. The molecule has 0 saturated heterocycles. The van der Waals surface area contributed by atoms with Crippen molar-refractivity contribution in [3.63, 3.8) is 0 Å².